The van der Waals surface area contributed by atoms with Crippen molar-refractivity contribution in [2.45, 2.75) is 13.8 Å². The quantitative estimate of drug-likeness (QED) is 0.867. The molecule has 2 aromatic rings. The van der Waals surface area contributed by atoms with Crippen molar-refractivity contribution in [2.75, 3.05) is 5.32 Å². The van der Waals surface area contributed by atoms with E-state index in [0.29, 0.717) is 0 Å². The van der Waals surface area contributed by atoms with Crippen LogP contribution in [0.1, 0.15) is 10.6 Å². The first-order valence-electron chi connectivity index (χ1n) is 4.72. The number of thiazole rings is 1. The van der Waals surface area contributed by atoms with E-state index in [1.54, 1.807) is 23.5 Å². The second-order valence-corrected chi connectivity index (χ2v) is 5.02. The molecule has 84 valence electrons. The summed E-state index contributed by atoms with van der Waals surface area (Å²) in [5.41, 5.74) is 1.74. The molecule has 0 saturated carbocycles. The number of hydrogen-bond donors (Lipinski definition) is 1. The number of hydrogen-bond acceptors (Lipinski definition) is 3. The van der Waals surface area contributed by atoms with Crippen LogP contribution in [0.25, 0.3) is 0 Å². The molecule has 0 fully saturated rings. The first-order valence-corrected chi connectivity index (χ1v) is 5.92. The van der Waals surface area contributed by atoms with Gasteiger partial charge in [0, 0.05) is 10.6 Å². The molecule has 16 heavy (non-hydrogen) atoms. The molecule has 1 N–H and O–H groups in total. The molecule has 0 aliphatic carbocycles. The molecule has 2 rings (SSSR count). The molecule has 1 heterocycles. The van der Waals surface area contributed by atoms with Crippen LogP contribution in [-0.4, -0.2) is 4.98 Å². The lowest BCUT2D eigenvalue weighted by molar-refractivity contribution is 0.628. The number of benzene rings is 1. The van der Waals surface area contributed by atoms with E-state index < -0.39 is 5.82 Å². The van der Waals surface area contributed by atoms with E-state index in [0.717, 1.165) is 21.4 Å². The maximum atomic E-state index is 12.9. The van der Waals surface area contributed by atoms with Crippen molar-refractivity contribution in [3.05, 3.63) is 39.6 Å². The van der Waals surface area contributed by atoms with Crippen molar-refractivity contribution in [1.29, 1.82) is 0 Å². The highest BCUT2D eigenvalue weighted by Gasteiger charge is 2.05. The van der Waals surface area contributed by atoms with Gasteiger partial charge in [-0.25, -0.2) is 9.37 Å². The van der Waals surface area contributed by atoms with E-state index in [-0.39, 0.29) is 5.02 Å². The van der Waals surface area contributed by atoms with Crippen LogP contribution in [-0.2, 0) is 0 Å². The molecule has 0 aliphatic heterocycles. The Hall–Kier alpha value is -1.13. The second-order valence-electron chi connectivity index (χ2n) is 3.41. The summed E-state index contributed by atoms with van der Waals surface area (Å²) in [5.74, 6) is -0.418. The third kappa shape index (κ3) is 2.33. The third-order valence-electron chi connectivity index (χ3n) is 2.20. The molecule has 0 aliphatic rings. The summed E-state index contributed by atoms with van der Waals surface area (Å²) in [5, 5.41) is 3.99. The molecule has 5 heteroatoms. The highest BCUT2D eigenvalue weighted by molar-refractivity contribution is 7.15. The summed E-state index contributed by atoms with van der Waals surface area (Å²) in [6.45, 7) is 3.96. The molecular formula is C11H10ClFN2S. The fourth-order valence-electron chi connectivity index (χ4n) is 1.22. The predicted octanol–water partition coefficient (Wildman–Crippen LogP) is 4.30. The standard InChI is InChI=1S/C11H10ClFN2S/c1-6-7(2)16-11(14-6)15-8-3-4-10(13)9(12)5-8/h3-5H,1-2H3,(H,14,15). The van der Waals surface area contributed by atoms with E-state index in [1.807, 2.05) is 13.8 Å². The van der Waals surface area contributed by atoms with E-state index >= 15 is 0 Å². The summed E-state index contributed by atoms with van der Waals surface area (Å²) < 4.78 is 12.9. The lowest BCUT2D eigenvalue weighted by Gasteiger charge is -2.02. The number of halogens is 2. The summed E-state index contributed by atoms with van der Waals surface area (Å²) in [4.78, 5) is 5.49. The van der Waals surface area contributed by atoms with Gasteiger partial charge in [0.2, 0.25) is 0 Å². The molecule has 0 saturated heterocycles. The summed E-state index contributed by atoms with van der Waals surface area (Å²) in [6.07, 6.45) is 0. The smallest absolute Gasteiger partial charge is 0.187 e. The minimum Gasteiger partial charge on any atom is -0.331 e. The van der Waals surface area contributed by atoms with Crippen molar-refractivity contribution in [3.63, 3.8) is 0 Å². The van der Waals surface area contributed by atoms with Gasteiger partial charge in [0.15, 0.2) is 5.13 Å². The normalized spacial score (nSPS) is 10.5. The number of anilines is 2. The van der Waals surface area contributed by atoms with Crippen LogP contribution in [0.15, 0.2) is 18.2 Å². The number of nitrogens with zero attached hydrogens (tertiary/aromatic N) is 1. The molecule has 1 aromatic carbocycles. The van der Waals surface area contributed by atoms with Crippen molar-refractivity contribution < 1.29 is 4.39 Å². The number of aryl methyl sites for hydroxylation is 2. The number of aromatic nitrogens is 1. The summed E-state index contributed by atoms with van der Waals surface area (Å²) >= 11 is 7.24. The Balaban J connectivity index is 2.23. The van der Waals surface area contributed by atoms with E-state index in [1.165, 1.54) is 6.07 Å². The van der Waals surface area contributed by atoms with Gasteiger partial charge in [-0.15, -0.1) is 11.3 Å². The molecule has 0 radical (unpaired) electrons. The van der Waals surface area contributed by atoms with Gasteiger partial charge in [-0.2, -0.15) is 0 Å². The SMILES string of the molecule is Cc1nc(Nc2ccc(F)c(Cl)c2)sc1C. The monoisotopic (exact) mass is 256 g/mol. The van der Waals surface area contributed by atoms with Crippen LogP contribution in [0.4, 0.5) is 15.2 Å². The highest BCUT2D eigenvalue weighted by Crippen LogP contribution is 2.26. The molecule has 0 spiro atoms. The highest BCUT2D eigenvalue weighted by atomic mass is 35.5. The van der Waals surface area contributed by atoms with Gasteiger partial charge in [-0.05, 0) is 32.0 Å². The van der Waals surface area contributed by atoms with Gasteiger partial charge in [0.05, 0.1) is 10.7 Å². The third-order valence-corrected chi connectivity index (χ3v) is 3.48. The predicted molar refractivity (Wildman–Crippen MR) is 66.3 cm³/mol. The van der Waals surface area contributed by atoms with E-state index in [2.05, 4.69) is 10.3 Å². The van der Waals surface area contributed by atoms with Crippen LogP contribution >= 0.6 is 22.9 Å². The average molecular weight is 257 g/mol. The Bertz CT molecular complexity index is 505. The van der Waals surface area contributed by atoms with Crippen molar-refractivity contribution in [3.8, 4) is 0 Å². The zero-order valence-electron chi connectivity index (χ0n) is 8.84. The molecule has 2 nitrogen and oxygen atoms in total. The van der Waals surface area contributed by atoms with Crippen LogP contribution < -0.4 is 5.32 Å². The van der Waals surface area contributed by atoms with Gasteiger partial charge in [0.25, 0.3) is 0 Å². The maximum Gasteiger partial charge on any atom is 0.187 e. The zero-order chi connectivity index (χ0) is 11.7. The van der Waals surface area contributed by atoms with E-state index in [4.69, 9.17) is 11.6 Å². The first-order chi connectivity index (χ1) is 7.56. The van der Waals surface area contributed by atoms with Crippen LogP contribution in [0, 0.1) is 19.7 Å². The van der Waals surface area contributed by atoms with Gasteiger partial charge in [0.1, 0.15) is 5.82 Å². The molecule has 0 amide bonds. The number of rotatable bonds is 2. The molecule has 1 aromatic heterocycles. The summed E-state index contributed by atoms with van der Waals surface area (Å²) in [7, 11) is 0. The van der Waals surface area contributed by atoms with E-state index in [9.17, 15) is 4.39 Å². The maximum absolute atomic E-state index is 12.9. The minimum atomic E-state index is -0.418. The van der Waals surface area contributed by atoms with Crippen molar-refractivity contribution in [1.82, 2.24) is 4.98 Å². The average Bonchev–Trinajstić information content (AvgIpc) is 2.52. The fraction of sp³-hybridized carbons (Fsp3) is 0.182. The lowest BCUT2D eigenvalue weighted by Crippen LogP contribution is -1.90. The topological polar surface area (TPSA) is 24.9 Å². The number of nitrogens with one attached hydrogen (secondary N) is 1. The Morgan fingerprint density at radius 1 is 1.38 bits per heavy atom. The fourth-order valence-corrected chi connectivity index (χ4v) is 2.24. The molecular weight excluding hydrogens is 247 g/mol. The van der Waals surface area contributed by atoms with Crippen molar-refractivity contribution >= 4 is 33.8 Å². The Morgan fingerprint density at radius 2 is 2.12 bits per heavy atom. The van der Waals surface area contributed by atoms with Crippen LogP contribution in [0.3, 0.4) is 0 Å². The van der Waals surface area contributed by atoms with Gasteiger partial charge in [-0.1, -0.05) is 11.6 Å². The minimum absolute atomic E-state index is 0.106. The van der Waals surface area contributed by atoms with Crippen LogP contribution in [0.5, 0.6) is 0 Å². The summed E-state index contributed by atoms with van der Waals surface area (Å²) in [6, 6.07) is 4.51. The molecule has 0 bridgehead atoms. The van der Waals surface area contributed by atoms with Gasteiger partial charge < -0.3 is 5.32 Å². The largest absolute Gasteiger partial charge is 0.331 e. The van der Waals surface area contributed by atoms with Gasteiger partial charge >= 0.3 is 0 Å². The molecule has 0 unspecified atom stereocenters. The zero-order valence-corrected chi connectivity index (χ0v) is 10.4. The Kier molecular flexibility index (Phi) is 3.12. The van der Waals surface area contributed by atoms with Crippen LogP contribution in [0.2, 0.25) is 5.02 Å². The Morgan fingerprint density at radius 3 is 2.69 bits per heavy atom. The van der Waals surface area contributed by atoms with Crippen molar-refractivity contribution in [2.24, 2.45) is 0 Å². The first kappa shape index (κ1) is 11.4. The lowest BCUT2D eigenvalue weighted by atomic mass is 10.3. The molecule has 0 atom stereocenters. The van der Waals surface area contributed by atoms with Gasteiger partial charge in [-0.3, -0.25) is 0 Å². The Labute approximate surface area is 102 Å². The second kappa shape index (κ2) is 4.39.